The summed E-state index contributed by atoms with van der Waals surface area (Å²) < 4.78 is 35.7. The van der Waals surface area contributed by atoms with Gasteiger partial charge in [-0.05, 0) is 6.42 Å². The van der Waals surface area contributed by atoms with Crippen molar-refractivity contribution in [2.45, 2.75) is 120 Å². The maximum absolute atomic E-state index is 12.5. The van der Waals surface area contributed by atoms with E-state index in [1.807, 2.05) is 6.92 Å². The van der Waals surface area contributed by atoms with Gasteiger partial charge >= 0.3 is 0 Å². The van der Waals surface area contributed by atoms with E-state index in [1.165, 1.54) is 20.8 Å². The summed E-state index contributed by atoms with van der Waals surface area (Å²) in [7, 11) is 0. The largest absolute Gasteiger partial charge is 0.394 e. The van der Waals surface area contributed by atoms with Crippen LogP contribution in [0.5, 0.6) is 0 Å². The molecule has 3 fully saturated rings. The summed E-state index contributed by atoms with van der Waals surface area (Å²) in [6, 6.07) is -3.06. The van der Waals surface area contributed by atoms with Crippen molar-refractivity contribution in [1.82, 2.24) is 16.0 Å². The molecule has 15 atom stereocenters. The summed E-state index contributed by atoms with van der Waals surface area (Å²) in [6.45, 7) is 3.75. The van der Waals surface area contributed by atoms with Crippen molar-refractivity contribution in [3.8, 4) is 0 Å². The number of amides is 3. The molecule has 3 aliphatic heterocycles. The second-order valence-electron chi connectivity index (χ2n) is 13.3. The van der Waals surface area contributed by atoms with Gasteiger partial charge in [-0.15, -0.1) is 0 Å². The van der Waals surface area contributed by atoms with Crippen molar-refractivity contribution in [1.29, 1.82) is 0 Å². The average molecular weight is 740 g/mol. The van der Waals surface area contributed by atoms with E-state index < -0.39 is 129 Å². The van der Waals surface area contributed by atoms with Gasteiger partial charge in [0.2, 0.25) is 17.7 Å². The highest BCUT2D eigenvalue weighted by molar-refractivity contribution is 5.74. The van der Waals surface area contributed by atoms with E-state index in [9.17, 15) is 50.1 Å². The minimum Gasteiger partial charge on any atom is -0.394 e. The molecule has 19 heteroatoms. The molecule has 3 aliphatic rings. The lowest BCUT2D eigenvalue weighted by atomic mass is 9.85. The van der Waals surface area contributed by atoms with Crippen LogP contribution in [-0.2, 0) is 42.8 Å². The van der Waals surface area contributed by atoms with E-state index in [0.717, 1.165) is 6.42 Å². The van der Waals surface area contributed by atoms with Gasteiger partial charge in [-0.2, -0.15) is 0 Å². The predicted octanol–water partition coefficient (Wildman–Crippen LogP) is -4.74. The van der Waals surface area contributed by atoms with Crippen LogP contribution in [0.25, 0.3) is 0 Å². The molecule has 0 saturated carbocycles. The second kappa shape index (κ2) is 21.0. The van der Waals surface area contributed by atoms with Crippen molar-refractivity contribution in [3.63, 3.8) is 0 Å². The molecule has 0 aromatic rings. The van der Waals surface area contributed by atoms with Gasteiger partial charge in [-0.3, -0.25) is 14.4 Å². The Balaban J connectivity index is 1.78. The van der Waals surface area contributed by atoms with Crippen molar-refractivity contribution >= 4 is 17.7 Å². The zero-order valence-electron chi connectivity index (χ0n) is 29.5. The number of rotatable bonds is 18. The fraction of sp³-hybridized carbons (Fsp3) is 0.906. The molecule has 19 nitrogen and oxygen atoms in total. The summed E-state index contributed by atoms with van der Waals surface area (Å²) in [5, 5.41) is 80.1. The first-order valence-corrected chi connectivity index (χ1v) is 17.4. The third-order valence-corrected chi connectivity index (χ3v) is 9.40. The van der Waals surface area contributed by atoms with Gasteiger partial charge in [0.05, 0.1) is 82.7 Å². The zero-order valence-corrected chi connectivity index (χ0v) is 29.5. The predicted molar refractivity (Wildman–Crippen MR) is 174 cm³/mol. The molecule has 296 valence electrons. The summed E-state index contributed by atoms with van der Waals surface area (Å²) in [6.07, 6.45) is -10.0. The Kier molecular flexibility index (Phi) is 17.8. The van der Waals surface area contributed by atoms with Gasteiger partial charge in [-0.1, -0.05) is 13.3 Å². The van der Waals surface area contributed by atoms with Crippen molar-refractivity contribution in [2.24, 2.45) is 11.8 Å². The van der Waals surface area contributed by atoms with Crippen LogP contribution in [0.15, 0.2) is 0 Å². The number of unbranched alkanes of at least 4 members (excludes halogenated alkanes) is 1. The van der Waals surface area contributed by atoms with Crippen LogP contribution in [0.3, 0.4) is 0 Å². The molecule has 3 heterocycles. The van der Waals surface area contributed by atoms with Gasteiger partial charge in [-0.25, -0.2) is 0 Å². The molecule has 0 bridgehead atoms. The maximum Gasteiger partial charge on any atom is 0.217 e. The fourth-order valence-corrected chi connectivity index (χ4v) is 6.81. The Morgan fingerprint density at radius 1 is 0.588 bits per heavy atom. The van der Waals surface area contributed by atoms with Crippen LogP contribution in [0.4, 0.5) is 0 Å². The van der Waals surface area contributed by atoms with Crippen LogP contribution >= 0.6 is 0 Å². The van der Waals surface area contributed by atoms with Gasteiger partial charge in [0, 0.05) is 39.2 Å². The van der Waals surface area contributed by atoms with E-state index in [1.54, 1.807) is 0 Å². The number of hydrogen-bond acceptors (Lipinski definition) is 16. The molecule has 0 aliphatic carbocycles. The second-order valence-corrected chi connectivity index (χ2v) is 13.3. The number of nitrogens with one attached hydrogen (secondary N) is 3. The van der Waals surface area contributed by atoms with Crippen LogP contribution in [0.2, 0.25) is 0 Å². The Labute approximate surface area is 296 Å². The molecule has 6 unspecified atom stereocenters. The van der Waals surface area contributed by atoms with Crippen molar-refractivity contribution in [2.75, 3.05) is 52.9 Å². The third-order valence-electron chi connectivity index (χ3n) is 9.40. The summed E-state index contributed by atoms with van der Waals surface area (Å²) in [5.41, 5.74) is 0. The summed E-state index contributed by atoms with van der Waals surface area (Å²) >= 11 is 0. The standard InChI is InChI=1S/C32H57N3O16/c1-5-6-7-48-31-19(12-47-13-23-25(33-15(2)39)30(44)29(43)22(10-38)50-23)21(9-37)49-24(26(31)34-16(3)40)14-46-11-18-20(8-36)51-32(45)27(28(18)42)35-17(4)41/h18-32,36-38,42-45H,5-14H2,1-4H3,(H,33,39)(H,34,40)(H,35,41)/t18-,19-,20?,21?,22?,23+,24+,25?,26?,27?,28+,29-,30-,31+,32-/m1/s1. The summed E-state index contributed by atoms with van der Waals surface area (Å²) in [5.74, 6) is -2.94. The van der Waals surface area contributed by atoms with E-state index in [2.05, 4.69) is 16.0 Å². The number of ether oxygens (including phenoxy) is 6. The third kappa shape index (κ3) is 11.7. The topological polar surface area (TPSA) is 284 Å². The molecule has 0 aromatic heterocycles. The van der Waals surface area contributed by atoms with Crippen LogP contribution in [-0.4, -0.2) is 186 Å². The van der Waals surface area contributed by atoms with Gasteiger partial charge in [0.25, 0.3) is 0 Å². The molecule has 3 amide bonds. The lowest BCUT2D eigenvalue weighted by molar-refractivity contribution is -0.249. The van der Waals surface area contributed by atoms with Gasteiger partial charge < -0.3 is 80.1 Å². The van der Waals surface area contributed by atoms with E-state index in [0.29, 0.717) is 13.0 Å². The molecule has 10 N–H and O–H groups in total. The molecular weight excluding hydrogens is 682 g/mol. The monoisotopic (exact) mass is 739 g/mol. The smallest absolute Gasteiger partial charge is 0.217 e. The fourth-order valence-electron chi connectivity index (χ4n) is 6.81. The highest BCUT2D eigenvalue weighted by Crippen LogP contribution is 2.32. The summed E-state index contributed by atoms with van der Waals surface area (Å²) in [4.78, 5) is 36.0. The minimum atomic E-state index is -1.57. The molecule has 0 spiro atoms. The maximum atomic E-state index is 12.5. The van der Waals surface area contributed by atoms with Crippen molar-refractivity contribution < 1.29 is 78.6 Å². The number of aliphatic hydroxyl groups is 7. The van der Waals surface area contributed by atoms with Crippen molar-refractivity contribution in [3.05, 3.63) is 0 Å². The molecule has 3 saturated heterocycles. The molecule has 0 radical (unpaired) electrons. The van der Waals surface area contributed by atoms with Crippen LogP contribution in [0, 0.1) is 11.8 Å². The van der Waals surface area contributed by atoms with Crippen LogP contribution < -0.4 is 16.0 Å². The number of hydrogen-bond donors (Lipinski definition) is 10. The Morgan fingerprint density at radius 2 is 1.08 bits per heavy atom. The Hall–Kier alpha value is -2.11. The minimum absolute atomic E-state index is 0.0998. The number of aliphatic hydroxyl groups excluding tert-OH is 7. The Morgan fingerprint density at radius 3 is 1.63 bits per heavy atom. The first kappa shape index (κ1) is 43.3. The van der Waals surface area contributed by atoms with E-state index >= 15 is 0 Å². The molecular formula is C32H57N3O16. The first-order chi connectivity index (χ1) is 24.3. The molecule has 3 rings (SSSR count). The SMILES string of the molecule is CCCCO[C@@H]1C(NC(C)=O)[C@H](COC[C@@H]2C(CO)O[C@@H](O)C(NC(C)=O)[C@H]2O)OC(CO)[C@H]1COC[C@@H]1OC(CO)[C@@H](O)[C@H](O)C1NC(C)=O. The Bertz CT molecular complexity index is 1090. The van der Waals surface area contributed by atoms with Crippen LogP contribution in [0.1, 0.15) is 40.5 Å². The van der Waals surface area contributed by atoms with Gasteiger partial charge in [0.15, 0.2) is 6.29 Å². The number of carbonyl (C=O) groups excluding carboxylic acids is 3. The molecule has 51 heavy (non-hydrogen) atoms. The highest BCUT2D eigenvalue weighted by Gasteiger charge is 2.49. The van der Waals surface area contributed by atoms with Gasteiger partial charge in [0.1, 0.15) is 36.6 Å². The lowest BCUT2D eigenvalue weighted by Gasteiger charge is -2.47. The zero-order chi connectivity index (χ0) is 37.8. The molecule has 0 aromatic carbocycles. The highest BCUT2D eigenvalue weighted by atomic mass is 16.6. The van der Waals surface area contributed by atoms with E-state index in [-0.39, 0.29) is 26.4 Å². The normalized spacial score (nSPS) is 38.5. The first-order valence-electron chi connectivity index (χ1n) is 17.4. The lowest BCUT2D eigenvalue weighted by Crippen LogP contribution is -2.66. The van der Waals surface area contributed by atoms with E-state index in [4.69, 9.17) is 28.4 Å². The number of carbonyl (C=O) groups is 3. The average Bonchev–Trinajstić information content (AvgIpc) is 3.08. The quantitative estimate of drug-likeness (QED) is 0.0591.